The first-order chi connectivity index (χ1) is 11.6. The van der Waals surface area contributed by atoms with Gasteiger partial charge < -0.3 is 18.9 Å². The Morgan fingerprint density at radius 2 is 2.12 bits per heavy atom. The van der Waals surface area contributed by atoms with Gasteiger partial charge in [0.05, 0.1) is 19.8 Å². The standard InChI is InChI=1S/C19H24N2O3/c1-14-18-8-5-9-20(18)10-11-21(14)19(22)15(2)24-13-16-6-4-7-17(12-16)23-3/h4-9,12,14-15H,10-11,13H2,1-3H3/t14-,15-/m0/s1. The minimum atomic E-state index is -0.472. The molecule has 128 valence electrons. The van der Waals surface area contributed by atoms with Gasteiger partial charge in [0, 0.05) is 25.0 Å². The molecule has 0 unspecified atom stereocenters. The first-order valence-corrected chi connectivity index (χ1v) is 8.30. The van der Waals surface area contributed by atoms with Crippen LogP contribution >= 0.6 is 0 Å². The predicted molar refractivity (Wildman–Crippen MR) is 91.8 cm³/mol. The SMILES string of the molecule is COc1cccc(CO[C@@H](C)C(=O)N2CCn3cccc3[C@@H]2C)c1. The van der Waals surface area contributed by atoms with E-state index in [2.05, 4.69) is 23.8 Å². The molecule has 1 aliphatic heterocycles. The minimum Gasteiger partial charge on any atom is -0.497 e. The maximum absolute atomic E-state index is 12.8. The van der Waals surface area contributed by atoms with Crippen LogP contribution in [0.25, 0.3) is 0 Å². The summed E-state index contributed by atoms with van der Waals surface area (Å²) in [5.41, 5.74) is 2.17. The van der Waals surface area contributed by atoms with Crippen LogP contribution in [0.1, 0.15) is 31.1 Å². The highest BCUT2D eigenvalue weighted by atomic mass is 16.5. The molecule has 5 nitrogen and oxygen atoms in total. The van der Waals surface area contributed by atoms with Crippen molar-refractivity contribution in [2.24, 2.45) is 0 Å². The van der Waals surface area contributed by atoms with Gasteiger partial charge in [-0.2, -0.15) is 0 Å². The van der Waals surface area contributed by atoms with Crippen molar-refractivity contribution in [1.82, 2.24) is 9.47 Å². The van der Waals surface area contributed by atoms with Gasteiger partial charge >= 0.3 is 0 Å². The molecule has 3 rings (SSSR count). The summed E-state index contributed by atoms with van der Waals surface area (Å²) in [4.78, 5) is 14.7. The third kappa shape index (κ3) is 3.31. The molecular weight excluding hydrogens is 304 g/mol. The number of methoxy groups -OCH3 is 1. The molecular formula is C19H24N2O3. The van der Waals surface area contributed by atoms with Crippen molar-refractivity contribution >= 4 is 5.91 Å². The second kappa shape index (κ2) is 7.09. The maximum atomic E-state index is 12.8. The molecule has 0 spiro atoms. The largest absolute Gasteiger partial charge is 0.497 e. The van der Waals surface area contributed by atoms with Gasteiger partial charge in [0.15, 0.2) is 0 Å². The summed E-state index contributed by atoms with van der Waals surface area (Å²) in [6, 6.07) is 11.9. The van der Waals surface area contributed by atoms with Crippen LogP contribution < -0.4 is 4.74 Å². The summed E-state index contributed by atoms with van der Waals surface area (Å²) in [7, 11) is 1.64. The maximum Gasteiger partial charge on any atom is 0.252 e. The van der Waals surface area contributed by atoms with E-state index in [1.54, 1.807) is 7.11 Å². The third-order valence-corrected chi connectivity index (χ3v) is 4.61. The van der Waals surface area contributed by atoms with Crippen molar-refractivity contribution in [1.29, 1.82) is 0 Å². The number of amides is 1. The Morgan fingerprint density at radius 3 is 2.92 bits per heavy atom. The normalized spacial score (nSPS) is 18.1. The second-order valence-corrected chi connectivity index (χ2v) is 6.14. The molecule has 0 radical (unpaired) electrons. The number of benzene rings is 1. The highest BCUT2D eigenvalue weighted by Crippen LogP contribution is 2.26. The summed E-state index contributed by atoms with van der Waals surface area (Å²) in [5.74, 6) is 0.832. The van der Waals surface area contributed by atoms with Gasteiger partial charge in [-0.05, 0) is 43.7 Å². The summed E-state index contributed by atoms with van der Waals surface area (Å²) < 4.78 is 13.2. The van der Waals surface area contributed by atoms with E-state index in [4.69, 9.17) is 9.47 Å². The van der Waals surface area contributed by atoms with E-state index in [0.29, 0.717) is 13.2 Å². The second-order valence-electron chi connectivity index (χ2n) is 6.14. The fourth-order valence-corrected chi connectivity index (χ4v) is 3.17. The van der Waals surface area contributed by atoms with Crippen molar-refractivity contribution in [2.75, 3.05) is 13.7 Å². The summed E-state index contributed by atoms with van der Waals surface area (Å²) in [6.45, 7) is 5.83. The van der Waals surface area contributed by atoms with Crippen molar-refractivity contribution in [3.05, 3.63) is 53.9 Å². The monoisotopic (exact) mass is 328 g/mol. The Morgan fingerprint density at radius 1 is 1.29 bits per heavy atom. The van der Waals surface area contributed by atoms with Gasteiger partial charge in [-0.3, -0.25) is 4.79 Å². The van der Waals surface area contributed by atoms with Gasteiger partial charge in [-0.1, -0.05) is 12.1 Å². The predicted octanol–water partition coefficient (Wildman–Crippen LogP) is 3.01. The molecule has 0 bridgehead atoms. The van der Waals surface area contributed by atoms with Crippen LogP contribution in [-0.2, 0) is 22.7 Å². The third-order valence-electron chi connectivity index (χ3n) is 4.61. The highest BCUT2D eigenvalue weighted by Gasteiger charge is 2.30. The Hall–Kier alpha value is -2.27. The Bertz CT molecular complexity index is 710. The average Bonchev–Trinajstić information content (AvgIpc) is 3.09. The Kier molecular flexibility index (Phi) is 4.90. The molecule has 2 heterocycles. The van der Waals surface area contributed by atoms with Crippen LogP contribution in [0.4, 0.5) is 0 Å². The van der Waals surface area contributed by atoms with Gasteiger partial charge in [0.1, 0.15) is 11.9 Å². The van der Waals surface area contributed by atoms with Crippen LogP contribution in [0, 0.1) is 0 Å². The number of ether oxygens (including phenoxy) is 2. The zero-order chi connectivity index (χ0) is 17.1. The number of hydrogen-bond donors (Lipinski definition) is 0. The number of fused-ring (bicyclic) bond motifs is 1. The summed E-state index contributed by atoms with van der Waals surface area (Å²) in [6.07, 6.45) is 1.59. The van der Waals surface area contributed by atoms with Crippen molar-refractivity contribution in [3.63, 3.8) is 0 Å². The number of rotatable bonds is 5. The molecule has 1 aromatic heterocycles. The Labute approximate surface area is 142 Å². The summed E-state index contributed by atoms with van der Waals surface area (Å²) in [5, 5.41) is 0. The molecule has 0 fully saturated rings. The number of hydrogen-bond acceptors (Lipinski definition) is 3. The molecule has 0 aliphatic carbocycles. The van der Waals surface area contributed by atoms with Crippen LogP contribution in [0.15, 0.2) is 42.6 Å². The van der Waals surface area contributed by atoms with Crippen molar-refractivity contribution < 1.29 is 14.3 Å². The van der Waals surface area contributed by atoms with Gasteiger partial charge in [0.25, 0.3) is 5.91 Å². The first-order valence-electron chi connectivity index (χ1n) is 8.30. The lowest BCUT2D eigenvalue weighted by Gasteiger charge is -2.36. The molecule has 0 N–H and O–H groups in total. The zero-order valence-corrected chi connectivity index (χ0v) is 14.4. The molecule has 24 heavy (non-hydrogen) atoms. The average molecular weight is 328 g/mol. The summed E-state index contributed by atoms with van der Waals surface area (Å²) >= 11 is 0. The molecule has 1 amide bonds. The van der Waals surface area contributed by atoms with Crippen LogP contribution in [0.5, 0.6) is 5.75 Å². The zero-order valence-electron chi connectivity index (χ0n) is 14.4. The molecule has 2 aromatic rings. The number of aromatic nitrogens is 1. The molecule has 1 aromatic carbocycles. The first kappa shape index (κ1) is 16.6. The van der Waals surface area contributed by atoms with Gasteiger partial charge in [-0.15, -0.1) is 0 Å². The molecule has 0 saturated carbocycles. The van der Waals surface area contributed by atoms with Gasteiger partial charge in [-0.25, -0.2) is 0 Å². The van der Waals surface area contributed by atoms with Crippen molar-refractivity contribution in [2.45, 2.75) is 39.1 Å². The number of carbonyl (C=O) groups excluding carboxylic acids is 1. The lowest BCUT2D eigenvalue weighted by atomic mass is 10.1. The molecule has 1 aliphatic rings. The van der Waals surface area contributed by atoms with E-state index >= 15 is 0 Å². The lowest BCUT2D eigenvalue weighted by Crippen LogP contribution is -2.45. The fraction of sp³-hybridized carbons (Fsp3) is 0.421. The minimum absolute atomic E-state index is 0.0397. The van der Waals surface area contributed by atoms with Gasteiger partial charge in [0.2, 0.25) is 0 Å². The van der Waals surface area contributed by atoms with Crippen LogP contribution in [-0.4, -0.2) is 35.1 Å². The van der Waals surface area contributed by atoms with E-state index < -0.39 is 6.10 Å². The lowest BCUT2D eigenvalue weighted by molar-refractivity contribution is -0.146. The van der Waals surface area contributed by atoms with E-state index in [9.17, 15) is 4.79 Å². The highest BCUT2D eigenvalue weighted by molar-refractivity contribution is 5.81. The quantitative estimate of drug-likeness (QED) is 0.847. The number of nitrogens with zero attached hydrogens (tertiary/aromatic N) is 2. The fourth-order valence-electron chi connectivity index (χ4n) is 3.17. The number of carbonyl (C=O) groups is 1. The van der Waals surface area contributed by atoms with Crippen LogP contribution in [0.2, 0.25) is 0 Å². The van der Waals surface area contributed by atoms with E-state index in [1.165, 1.54) is 5.69 Å². The van der Waals surface area contributed by atoms with Crippen LogP contribution in [0.3, 0.4) is 0 Å². The molecule has 2 atom stereocenters. The topological polar surface area (TPSA) is 43.7 Å². The molecule has 0 saturated heterocycles. The van der Waals surface area contributed by atoms with Crippen molar-refractivity contribution in [3.8, 4) is 5.75 Å². The van der Waals surface area contributed by atoms with E-state index in [0.717, 1.165) is 17.9 Å². The molecule has 5 heteroatoms. The van der Waals surface area contributed by atoms with E-state index in [-0.39, 0.29) is 11.9 Å². The Balaban J connectivity index is 1.61. The van der Waals surface area contributed by atoms with E-state index in [1.807, 2.05) is 42.2 Å². The smallest absolute Gasteiger partial charge is 0.252 e.